The van der Waals surface area contributed by atoms with E-state index in [-0.39, 0.29) is 4.90 Å². The van der Waals surface area contributed by atoms with Crippen LogP contribution in [0.4, 0.5) is 0 Å². The summed E-state index contributed by atoms with van der Waals surface area (Å²) in [6, 6.07) is 13.6. The summed E-state index contributed by atoms with van der Waals surface area (Å²) < 4.78 is 26.8. The van der Waals surface area contributed by atoms with Gasteiger partial charge in [0.05, 0.1) is 10.5 Å². The third kappa shape index (κ3) is 4.74. The van der Waals surface area contributed by atoms with Crippen LogP contribution in [0.25, 0.3) is 0 Å². The molecule has 1 aliphatic heterocycles. The van der Waals surface area contributed by atoms with Gasteiger partial charge < -0.3 is 5.11 Å². The molecule has 0 aliphatic carbocycles. The predicted molar refractivity (Wildman–Crippen MR) is 107 cm³/mol. The van der Waals surface area contributed by atoms with E-state index in [1.54, 1.807) is 23.9 Å². The summed E-state index contributed by atoms with van der Waals surface area (Å²) in [7, 11) is -3.56. The summed E-state index contributed by atoms with van der Waals surface area (Å²) >= 11 is 13.3. The second-order valence-corrected chi connectivity index (χ2v) is 10.2. The monoisotopic (exact) mass is 431 g/mol. The highest BCUT2D eigenvalue weighted by Crippen LogP contribution is 2.32. The Morgan fingerprint density at radius 1 is 0.962 bits per heavy atom. The molecule has 26 heavy (non-hydrogen) atoms. The summed E-state index contributed by atoms with van der Waals surface area (Å²) in [5, 5.41) is 12.0. The lowest BCUT2D eigenvalue weighted by molar-refractivity contribution is 0.0171. The number of thioether (sulfide) groups is 1. The molecule has 3 rings (SSSR count). The Labute approximate surface area is 168 Å². The number of rotatable bonds is 5. The Kier molecular flexibility index (Phi) is 6.22. The van der Waals surface area contributed by atoms with E-state index >= 15 is 0 Å². The van der Waals surface area contributed by atoms with Gasteiger partial charge in [0.15, 0.2) is 0 Å². The van der Waals surface area contributed by atoms with Gasteiger partial charge in [-0.05, 0) is 61.4 Å². The largest absolute Gasteiger partial charge is 0.389 e. The Bertz CT molecular complexity index is 847. The molecule has 0 atom stereocenters. The summed E-state index contributed by atoms with van der Waals surface area (Å²) in [5.41, 5.74) is -0.879. The quantitative estimate of drug-likeness (QED) is 0.716. The number of benzene rings is 2. The predicted octanol–water partition coefficient (Wildman–Crippen LogP) is 4.30. The average Bonchev–Trinajstić information content (AvgIpc) is 2.62. The van der Waals surface area contributed by atoms with Crippen molar-refractivity contribution in [1.29, 1.82) is 0 Å². The highest BCUT2D eigenvalue weighted by molar-refractivity contribution is 7.99. The van der Waals surface area contributed by atoms with E-state index in [4.69, 9.17) is 23.2 Å². The maximum atomic E-state index is 12.7. The molecule has 1 heterocycles. The van der Waals surface area contributed by atoms with Crippen LogP contribution in [-0.4, -0.2) is 42.3 Å². The molecular formula is C18H19Cl2NO3S2. The minimum absolute atomic E-state index is 0.225. The van der Waals surface area contributed by atoms with E-state index in [0.29, 0.717) is 41.7 Å². The second kappa shape index (κ2) is 8.09. The van der Waals surface area contributed by atoms with Crippen LogP contribution in [0.5, 0.6) is 0 Å². The maximum Gasteiger partial charge on any atom is 0.243 e. The van der Waals surface area contributed by atoms with Crippen molar-refractivity contribution in [2.75, 3.05) is 18.8 Å². The van der Waals surface area contributed by atoms with Gasteiger partial charge in [-0.1, -0.05) is 23.2 Å². The van der Waals surface area contributed by atoms with Crippen LogP contribution in [0, 0.1) is 0 Å². The third-order valence-corrected chi connectivity index (χ3v) is 8.13. The third-order valence-electron chi connectivity index (χ3n) is 4.43. The summed E-state index contributed by atoms with van der Waals surface area (Å²) in [4.78, 5) is 1.25. The van der Waals surface area contributed by atoms with Gasteiger partial charge in [0, 0.05) is 33.8 Å². The molecule has 2 aromatic rings. The molecule has 1 saturated heterocycles. The normalized spacial score (nSPS) is 18.0. The van der Waals surface area contributed by atoms with Gasteiger partial charge in [-0.3, -0.25) is 0 Å². The topological polar surface area (TPSA) is 57.6 Å². The van der Waals surface area contributed by atoms with E-state index in [9.17, 15) is 13.5 Å². The first-order valence-electron chi connectivity index (χ1n) is 8.15. The van der Waals surface area contributed by atoms with Crippen LogP contribution in [0.2, 0.25) is 10.0 Å². The van der Waals surface area contributed by atoms with Crippen molar-refractivity contribution in [2.45, 2.75) is 28.2 Å². The molecule has 2 aromatic carbocycles. The first-order valence-corrected chi connectivity index (χ1v) is 11.3. The number of piperidine rings is 1. The molecule has 0 bridgehead atoms. The van der Waals surface area contributed by atoms with Gasteiger partial charge in [-0.2, -0.15) is 4.31 Å². The number of halogens is 2. The number of hydrogen-bond acceptors (Lipinski definition) is 4. The molecule has 8 heteroatoms. The number of sulfonamides is 1. The zero-order chi connectivity index (χ0) is 18.8. The zero-order valence-electron chi connectivity index (χ0n) is 13.9. The van der Waals surface area contributed by atoms with Crippen LogP contribution in [0.15, 0.2) is 58.3 Å². The molecule has 140 valence electrons. The van der Waals surface area contributed by atoms with Crippen molar-refractivity contribution >= 4 is 45.0 Å². The first kappa shape index (κ1) is 20.0. The molecule has 4 nitrogen and oxygen atoms in total. The Balaban J connectivity index is 1.60. The second-order valence-electron chi connectivity index (χ2n) is 6.32. The molecule has 0 spiro atoms. The number of aliphatic hydroxyl groups is 1. The molecule has 0 saturated carbocycles. The van der Waals surface area contributed by atoms with E-state index in [0.717, 1.165) is 4.90 Å². The van der Waals surface area contributed by atoms with E-state index < -0.39 is 15.6 Å². The highest BCUT2D eigenvalue weighted by Gasteiger charge is 2.37. The number of nitrogens with zero attached hydrogens (tertiary/aromatic N) is 1. The molecule has 0 amide bonds. The van der Waals surface area contributed by atoms with Crippen molar-refractivity contribution in [2.24, 2.45) is 0 Å². The fraction of sp³-hybridized carbons (Fsp3) is 0.333. The fourth-order valence-electron chi connectivity index (χ4n) is 2.79. The SMILES string of the molecule is O=S(=O)(c1ccc(Cl)cc1)N1CCC(O)(CSc2ccc(Cl)cc2)CC1. The Hall–Kier alpha value is -0.760. The zero-order valence-corrected chi connectivity index (χ0v) is 17.1. The van der Waals surface area contributed by atoms with Crippen LogP contribution in [-0.2, 0) is 10.0 Å². The molecule has 1 fully saturated rings. The van der Waals surface area contributed by atoms with Gasteiger partial charge in [0.2, 0.25) is 10.0 Å². The van der Waals surface area contributed by atoms with Crippen molar-refractivity contribution in [1.82, 2.24) is 4.31 Å². The molecular weight excluding hydrogens is 413 g/mol. The van der Waals surface area contributed by atoms with Crippen LogP contribution < -0.4 is 0 Å². The Morgan fingerprint density at radius 3 is 2.00 bits per heavy atom. The van der Waals surface area contributed by atoms with Gasteiger partial charge in [0.1, 0.15) is 0 Å². The Morgan fingerprint density at radius 2 is 1.46 bits per heavy atom. The van der Waals surface area contributed by atoms with Gasteiger partial charge in [-0.15, -0.1) is 11.8 Å². The molecule has 0 aromatic heterocycles. The molecule has 0 unspecified atom stereocenters. The minimum atomic E-state index is -3.56. The maximum absolute atomic E-state index is 12.7. The standard InChI is InChI=1S/C18H19Cl2NO3S2/c19-14-1-5-16(6-2-14)25-13-18(22)9-11-21(12-10-18)26(23,24)17-7-3-15(20)4-8-17/h1-8,22H,9-13H2. The van der Waals surface area contributed by atoms with Crippen LogP contribution in [0.3, 0.4) is 0 Å². The lowest BCUT2D eigenvalue weighted by Gasteiger charge is -2.37. The van der Waals surface area contributed by atoms with Crippen molar-refractivity contribution in [3.8, 4) is 0 Å². The molecule has 0 radical (unpaired) electrons. The van der Waals surface area contributed by atoms with Crippen LogP contribution >= 0.6 is 35.0 Å². The van der Waals surface area contributed by atoms with Crippen molar-refractivity contribution in [3.05, 3.63) is 58.6 Å². The van der Waals surface area contributed by atoms with Gasteiger partial charge in [-0.25, -0.2) is 8.42 Å². The summed E-state index contributed by atoms with van der Waals surface area (Å²) in [6.07, 6.45) is 0.806. The molecule has 1 aliphatic rings. The van der Waals surface area contributed by atoms with Crippen LogP contribution in [0.1, 0.15) is 12.8 Å². The first-order chi connectivity index (χ1) is 12.3. The smallest absolute Gasteiger partial charge is 0.243 e. The van der Waals surface area contributed by atoms with Gasteiger partial charge in [0.25, 0.3) is 0 Å². The highest BCUT2D eigenvalue weighted by atomic mass is 35.5. The van der Waals surface area contributed by atoms with E-state index in [2.05, 4.69) is 0 Å². The lowest BCUT2D eigenvalue weighted by Crippen LogP contribution is -2.47. The summed E-state index contributed by atoms with van der Waals surface area (Å²) in [6.45, 7) is 0.589. The van der Waals surface area contributed by atoms with E-state index in [1.807, 2.05) is 24.3 Å². The number of hydrogen-bond donors (Lipinski definition) is 1. The van der Waals surface area contributed by atoms with Crippen molar-refractivity contribution < 1.29 is 13.5 Å². The molecule has 1 N–H and O–H groups in total. The van der Waals surface area contributed by atoms with Crippen molar-refractivity contribution in [3.63, 3.8) is 0 Å². The van der Waals surface area contributed by atoms with E-state index in [1.165, 1.54) is 16.4 Å². The average molecular weight is 432 g/mol. The minimum Gasteiger partial charge on any atom is -0.389 e. The lowest BCUT2D eigenvalue weighted by atomic mass is 9.95. The fourth-order valence-corrected chi connectivity index (χ4v) is 5.54. The summed E-state index contributed by atoms with van der Waals surface area (Å²) in [5.74, 6) is 0.517. The van der Waals surface area contributed by atoms with Gasteiger partial charge >= 0.3 is 0 Å².